The number of nitrogens with one attached hydrogen (secondary N) is 1. The Kier molecular flexibility index (Phi) is 5.18. The molecule has 27 heavy (non-hydrogen) atoms. The van der Waals surface area contributed by atoms with Crippen LogP contribution < -0.4 is 4.72 Å². The third kappa shape index (κ3) is 4.28. The summed E-state index contributed by atoms with van der Waals surface area (Å²) in [5, 5.41) is 0. The van der Waals surface area contributed by atoms with Crippen LogP contribution in [0, 0.1) is 13.8 Å². The summed E-state index contributed by atoms with van der Waals surface area (Å²) in [6.07, 6.45) is -0.664. The van der Waals surface area contributed by atoms with Gasteiger partial charge in [0.25, 0.3) is 10.0 Å². The number of anilines is 1. The van der Waals surface area contributed by atoms with Crippen molar-refractivity contribution < 1.29 is 27.5 Å². The second-order valence-electron chi connectivity index (χ2n) is 6.30. The van der Waals surface area contributed by atoms with Crippen LogP contribution in [-0.2, 0) is 24.3 Å². The van der Waals surface area contributed by atoms with Gasteiger partial charge in [-0.15, -0.1) is 0 Å². The molecule has 1 aliphatic rings. The van der Waals surface area contributed by atoms with Gasteiger partial charge in [-0.3, -0.25) is 4.72 Å². The van der Waals surface area contributed by atoms with Gasteiger partial charge in [0.2, 0.25) is 6.10 Å². The summed E-state index contributed by atoms with van der Waals surface area (Å²) in [4.78, 5) is 23.6. The number of cyclic esters (lactones) is 1. The number of carbonyl (C=O) groups excluding carboxylic acids is 2. The van der Waals surface area contributed by atoms with Crippen LogP contribution in [0.25, 0.3) is 0 Å². The van der Waals surface area contributed by atoms with Crippen LogP contribution in [0.2, 0.25) is 0 Å². The van der Waals surface area contributed by atoms with Crippen LogP contribution in [0.3, 0.4) is 0 Å². The molecule has 0 spiro atoms. The van der Waals surface area contributed by atoms with Gasteiger partial charge in [-0.25, -0.2) is 18.0 Å². The van der Waals surface area contributed by atoms with E-state index in [-0.39, 0.29) is 23.5 Å². The zero-order chi connectivity index (χ0) is 19.6. The van der Waals surface area contributed by atoms with Gasteiger partial charge < -0.3 is 9.47 Å². The molecular formula is C19H19NO6S. The highest BCUT2D eigenvalue weighted by Crippen LogP contribution is 2.22. The van der Waals surface area contributed by atoms with E-state index in [1.165, 1.54) is 24.3 Å². The average Bonchev–Trinajstić information content (AvgIpc) is 3.02. The Hall–Kier alpha value is -2.87. The maximum absolute atomic E-state index is 12.7. The number of aryl methyl sites for hydroxylation is 2. The van der Waals surface area contributed by atoms with Crippen LogP contribution in [0.4, 0.5) is 5.69 Å². The van der Waals surface area contributed by atoms with Crippen molar-refractivity contribution in [2.75, 3.05) is 11.3 Å². The summed E-state index contributed by atoms with van der Waals surface area (Å²) in [6, 6.07) is 10.8. The molecule has 7 nitrogen and oxygen atoms in total. The van der Waals surface area contributed by atoms with Gasteiger partial charge in [0.05, 0.1) is 22.8 Å². The lowest BCUT2D eigenvalue weighted by Crippen LogP contribution is -2.23. The predicted molar refractivity (Wildman–Crippen MR) is 97.9 cm³/mol. The molecule has 1 aliphatic heterocycles. The largest absolute Gasteiger partial charge is 0.463 e. The summed E-state index contributed by atoms with van der Waals surface area (Å²) >= 11 is 0. The number of benzene rings is 2. The van der Waals surface area contributed by atoms with Crippen LogP contribution in [-0.4, -0.2) is 33.1 Å². The molecule has 3 rings (SSSR count). The topological polar surface area (TPSA) is 98.8 Å². The summed E-state index contributed by atoms with van der Waals surface area (Å²) < 4.78 is 37.7. The predicted octanol–water partition coefficient (Wildman–Crippen LogP) is 2.58. The lowest BCUT2D eigenvalue weighted by atomic mass is 10.1. The number of hydrogen-bond donors (Lipinski definition) is 1. The van der Waals surface area contributed by atoms with Crippen molar-refractivity contribution in [1.29, 1.82) is 0 Å². The number of hydrogen-bond acceptors (Lipinski definition) is 6. The van der Waals surface area contributed by atoms with E-state index in [2.05, 4.69) is 4.72 Å². The first-order valence-electron chi connectivity index (χ1n) is 8.34. The van der Waals surface area contributed by atoms with Gasteiger partial charge in [0.15, 0.2) is 0 Å². The minimum Gasteiger partial charge on any atom is -0.463 e. The number of sulfonamides is 1. The fourth-order valence-corrected chi connectivity index (χ4v) is 3.88. The van der Waals surface area contributed by atoms with Crippen molar-refractivity contribution >= 4 is 27.6 Å². The average molecular weight is 389 g/mol. The first-order valence-corrected chi connectivity index (χ1v) is 9.82. The Morgan fingerprint density at radius 2 is 1.96 bits per heavy atom. The van der Waals surface area contributed by atoms with Crippen molar-refractivity contribution in [2.24, 2.45) is 0 Å². The van der Waals surface area contributed by atoms with Crippen molar-refractivity contribution in [1.82, 2.24) is 0 Å². The third-order valence-corrected chi connectivity index (χ3v) is 5.51. The molecule has 2 aromatic carbocycles. The zero-order valence-electron chi connectivity index (χ0n) is 14.9. The van der Waals surface area contributed by atoms with Gasteiger partial charge in [0.1, 0.15) is 0 Å². The molecule has 0 bridgehead atoms. The lowest BCUT2D eigenvalue weighted by Gasteiger charge is -2.12. The molecule has 0 saturated carbocycles. The van der Waals surface area contributed by atoms with E-state index >= 15 is 0 Å². The van der Waals surface area contributed by atoms with E-state index < -0.39 is 28.1 Å². The molecule has 0 amide bonds. The minimum atomic E-state index is -3.89. The number of rotatable bonds is 5. The second-order valence-corrected chi connectivity index (χ2v) is 7.98. The van der Waals surface area contributed by atoms with Crippen molar-refractivity contribution in [3.8, 4) is 0 Å². The fraction of sp³-hybridized carbons (Fsp3) is 0.263. The Morgan fingerprint density at radius 1 is 1.19 bits per heavy atom. The zero-order valence-corrected chi connectivity index (χ0v) is 15.7. The van der Waals surface area contributed by atoms with Gasteiger partial charge in [-0.05, 0) is 43.7 Å². The van der Waals surface area contributed by atoms with Crippen LogP contribution in [0.15, 0.2) is 47.4 Å². The van der Waals surface area contributed by atoms with E-state index in [9.17, 15) is 18.0 Å². The maximum Gasteiger partial charge on any atom is 0.347 e. The molecule has 1 heterocycles. The molecule has 0 radical (unpaired) electrons. The summed E-state index contributed by atoms with van der Waals surface area (Å²) in [5.74, 6) is -1.37. The molecule has 1 unspecified atom stereocenters. The van der Waals surface area contributed by atoms with Crippen LogP contribution in [0.1, 0.15) is 27.9 Å². The standard InChI is InChI=1S/C19H19NO6S/c1-12-6-7-16(13(2)10-12)20-27(23,24)15-5-3-4-14(11-15)18(21)26-17-8-9-25-19(17)22/h3-7,10-11,17,20H,8-9H2,1-2H3. The molecule has 1 atom stereocenters. The Labute approximate surface area is 157 Å². The molecule has 1 fully saturated rings. The van der Waals surface area contributed by atoms with E-state index in [4.69, 9.17) is 9.47 Å². The van der Waals surface area contributed by atoms with E-state index in [1.54, 1.807) is 19.1 Å². The first kappa shape index (κ1) is 18.9. The van der Waals surface area contributed by atoms with E-state index in [1.807, 2.05) is 13.0 Å². The summed E-state index contributed by atoms with van der Waals surface area (Å²) in [5.41, 5.74) is 2.31. The molecule has 142 valence electrons. The Balaban J connectivity index is 1.81. The molecule has 1 saturated heterocycles. The highest BCUT2D eigenvalue weighted by molar-refractivity contribution is 7.92. The highest BCUT2D eigenvalue weighted by atomic mass is 32.2. The van der Waals surface area contributed by atoms with E-state index in [0.717, 1.165) is 11.1 Å². The van der Waals surface area contributed by atoms with Gasteiger partial charge in [0, 0.05) is 6.42 Å². The molecule has 0 aliphatic carbocycles. The Bertz CT molecular complexity index is 999. The van der Waals surface area contributed by atoms with Gasteiger partial charge in [-0.2, -0.15) is 0 Å². The number of ether oxygens (including phenoxy) is 2. The third-order valence-electron chi connectivity index (χ3n) is 4.14. The smallest absolute Gasteiger partial charge is 0.347 e. The van der Waals surface area contributed by atoms with Gasteiger partial charge in [-0.1, -0.05) is 23.8 Å². The summed E-state index contributed by atoms with van der Waals surface area (Å²) in [7, 11) is -3.89. The second kappa shape index (κ2) is 7.40. The number of carbonyl (C=O) groups is 2. The van der Waals surface area contributed by atoms with Gasteiger partial charge >= 0.3 is 11.9 Å². The van der Waals surface area contributed by atoms with Crippen LogP contribution in [0.5, 0.6) is 0 Å². The molecule has 0 aromatic heterocycles. The first-order chi connectivity index (χ1) is 12.8. The van der Waals surface area contributed by atoms with Crippen molar-refractivity contribution in [3.05, 3.63) is 59.2 Å². The maximum atomic E-state index is 12.7. The quantitative estimate of drug-likeness (QED) is 0.789. The highest BCUT2D eigenvalue weighted by Gasteiger charge is 2.30. The molecule has 8 heteroatoms. The Morgan fingerprint density at radius 3 is 2.63 bits per heavy atom. The normalized spacial score (nSPS) is 16.7. The van der Waals surface area contributed by atoms with Crippen molar-refractivity contribution in [3.63, 3.8) is 0 Å². The van der Waals surface area contributed by atoms with E-state index in [0.29, 0.717) is 5.69 Å². The van der Waals surface area contributed by atoms with Crippen molar-refractivity contribution in [2.45, 2.75) is 31.3 Å². The molecular weight excluding hydrogens is 370 g/mol. The lowest BCUT2D eigenvalue weighted by molar-refractivity contribution is -0.145. The fourth-order valence-electron chi connectivity index (χ4n) is 2.70. The molecule has 1 N–H and O–H groups in total. The minimum absolute atomic E-state index is 0.0400. The van der Waals surface area contributed by atoms with Crippen LogP contribution >= 0.6 is 0 Å². The summed E-state index contributed by atoms with van der Waals surface area (Å²) in [6.45, 7) is 3.92. The SMILES string of the molecule is Cc1ccc(NS(=O)(=O)c2cccc(C(=O)OC3CCOC3=O)c2)c(C)c1. The monoisotopic (exact) mass is 389 g/mol. The number of esters is 2. The molecule has 2 aromatic rings.